The van der Waals surface area contributed by atoms with Gasteiger partial charge in [0.15, 0.2) is 5.84 Å². The largest absolute Gasteiger partial charge is 0.507 e. The first kappa shape index (κ1) is 17.5. The molecule has 3 aliphatic carbocycles. The lowest BCUT2D eigenvalue weighted by molar-refractivity contribution is -0.221. The van der Waals surface area contributed by atoms with Crippen LogP contribution in [0.4, 0.5) is 0 Å². The second-order valence-corrected chi connectivity index (χ2v) is 7.64. The quantitative estimate of drug-likeness (QED) is 0.694. The number of para-hydroxylation sites is 1. The number of carbonyl (C=O) groups excluding carboxylic acids is 1. The number of hydrogen-bond acceptors (Lipinski definition) is 5. The summed E-state index contributed by atoms with van der Waals surface area (Å²) in [6.07, 6.45) is 5.75. The summed E-state index contributed by atoms with van der Waals surface area (Å²) < 4.78 is 0. The van der Waals surface area contributed by atoms with Crippen LogP contribution in [-0.4, -0.2) is 41.8 Å². The molecule has 140 valence electrons. The van der Waals surface area contributed by atoms with Crippen molar-refractivity contribution in [1.29, 1.82) is 5.41 Å². The lowest BCUT2D eigenvalue weighted by atomic mass is 9.33. The molecule has 0 saturated heterocycles. The van der Waals surface area contributed by atoms with Gasteiger partial charge in [0, 0.05) is 35.0 Å². The van der Waals surface area contributed by atoms with E-state index in [4.69, 9.17) is 16.0 Å². The van der Waals surface area contributed by atoms with Crippen molar-refractivity contribution in [3.05, 3.63) is 47.6 Å². The van der Waals surface area contributed by atoms with E-state index in [1.807, 2.05) is 6.08 Å². The van der Waals surface area contributed by atoms with Crippen molar-refractivity contribution in [3.8, 4) is 5.75 Å². The minimum atomic E-state index is -0.337. The van der Waals surface area contributed by atoms with Crippen molar-refractivity contribution >= 4 is 23.2 Å². The van der Waals surface area contributed by atoms with Gasteiger partial charge in [-0.3, -0.25) is 15.0 Å². The number of benzene rings is 1. The third-order valence-corrected chi connectivity index (χ3v) is 5.91. The summed E-state index contributed by atoms with van der Waals surface area (Å²) in [6.45, 7) is 0. The Morgan fingerprint density at radius 1 is 1.37 bits per heavy atom. The molecule has 0 spiro atoms. The monoisotopic (exact) mass is 366 g/mol. The van der Waals surface area contributed by atoms with Gasteiger partial charge in [-0.1, -0.05) is 12.1 Å². The molecule has 3 fully saturated rings. The minimum Gasteiger partial charge on any atom is -0.507 e. The maximum absolute atomic E-state index is 12.4. The first-order valence-electron chi connectivity index (χ1n) is 8.78. The maximum atomic E-state index is 12.4. The summed E-state index contributed by atoms with van der Waals surface area (Å²) >= 11 is 0. The number of hydroxylamine groups is 2. The van der Waals surface area contributed by atoms with Crippen LogP contribution in [0.1, 0.15) is 24.8 Å². The summed E-state index contributed by atoms with van der Waals surface area (Å²) in [4.78, 5) is 21.8. The van der Waals surface area contributed by atoms with Crippen LogP contribution in [-0.2, 0) is 9.63 Å². The number of carbonyl (C=O) groups is 1. The van der Waals surface area contributed by atoms with E-state index < -0.39 is 0 Å². The number of phenols is 1. The Kier molecular flexibility index (Phi) is 3.75. The van der Waals surface area contributed by atoms with Crippen LogP contribution in [0.3, 0.4) is 0 Å². The number of hydrogen-bond donors (Lipinski definition) is 3. The Morgan fingerprint density at radius 3 is 2.67 bits per heavy atom. The van der Waals surface area contributed by atoms with E-state index in [2.05, 4.69) is 4.99 Å². The third kappa shape index (κ3) is 2.49. The van der Waals surface area contributed by atoms with Crippen molar-refractivity contribution < 1.29 is 14.7 Å². The van der Waals surface area contributed by atoms with Gasteiger partial charge in [-0.05, 0) is 43.5 Å². The van der Waals surface area contributed by atoms with Gasteiger partial charge in [0.2, 0.25) is 0 Å². The van der Waals surface area contributed by atoms with E-state index in [1.165, 1.54) is 12.2 Å². The molecule has 1 heterocycles. The Bertz CT molecular complexity index is 925. The first-order chi connectivity index (χ1) is 12.8. The average Bonchev–Trinajstić information content (AvgIpc) is 2.92. The third-order valence-electron chi connectivity index (χ3n) is 5.91. The van der Waals surface area contributed by atoms with Gasteiger partial charge in [0.1, 0.15) is 5.75 Å². The molecular weight excluding hydrogens is 344 g/mol. The smallest absolute Gasteiger partial charge is 0.252 e. The number of aliphatic imine (C=N–C) groups is 1. The van der Waals surface area contributed by atoms with Gasteiger partial charge in [-0.25, -0.2) is 10.1 Å². The normalized spacial score (nSPS) is 28.8. The minimum absolute atomic E-state index is 0.00782. The van der Waals surface area contributed by atoms with E-state index in [9.17, 15) is 9.90 Å². The molecule has 1 amide bonds. The number of nitrogens with two attached hydrogens (primary N) is 1. The Morgan fingerprint density at radius 2 is 2.04 bits per heavy atom. The van der Waals surface area contributed by atoms with Gasteiger partial charge < -0.3 is 10.8 Å². The van der Waals surface area contributed by atoms with Crippen LogP contribution in [0.5, 0.6) is 5.75 Å². The fourth-order valence-corrected chi connectivity index (χ4v) is 4.48. The van der Waals surface area contributed by atoms with E-state index in [-0.39, 0.29) is 28.3 Å². The topological polar surface area (TPSA) is 112 Å². The fourth-order valence-electron chi connectivity index (χ4n) is 4.48. The standard InChI is InChI=1S/C20H22N4O3/c1-24(27-2)18(26)20-9-19(10-20,11-20)16-8-12(17(22)23-16)7-14(21)13-5-3-4-6-15(13)25/h3-8,22,25H,9-11,21H2,1-2H3. The van der Waals surface area contributed by atoms with Crippen LogP contribution < -0.4 is 5.73 Å². The Labute approximate surface area is 157 Å². The molecule has 1 aromatic rings. The lowest BCUT2D eigenvalue weighted by Gasteiger charge is -2.69. The molecule has 4 aliphatic rings. The van der Waals surface area contributed by atoms with Gasteiger partial charge >= 0.3 is 0 Å². The van der Waals surface area contributed by atoms with Crippen LogP contribution in [0.2, 0.25) is 0 Å². The van der Waals surface area contributed by atoms with Gasteiger partial charge in [0.05, 0.1) is 12.5 Å². The molecule has 1 aliphatic heterocycles. The fraction of sp³-hybridized carbons (Fsp3) is 0.350. The molecule has 7 heteroatoms. The molecule has 0 radical (unpaired) electrons. The zero-order valence-corrected chi connectivity index (χ0v) is 15.3. The van der Waals surface area contributed by atoms with E-state index in [1.54, 1.807) is 37.4 Å². The number of rotatable bonds is 5. The maximum Gasteiger partial charge on any atom is 0.252 e. The van der Waals surface area contributed by atoms with Crippen molar-refractivity contribution in [1.82, 2.24) is 5.06 Å². The lowest BCUT2D eigenvalue weighted by Crippen LogP contribution is -2.70. The van der Waals surface area contributed by atoms with E-state index in [0.29, 0.717) is 16.8 Å². The highest BCUT2D eigenvalue weighted by Gasteiger charge is 2.73. The van der Waals surface area contributed by atoms with E-state index in [0.717, 1.165) is 25.0 Å². The predicted molar refractivity (Wildman–Crippen MR) is 102 cm³/mol. The van der Waals surface area contributed by atoms with Crippen LogP contribution in [0, 0.1) is 16.2 Å². The molecule has 0 atom stereocenters. The molecule has 27 heavy (non-hydrogen) atoms. The van der Waals surface area contributed by atoms with Crippen LogP contribution in [0.15, 0.2) is 47.0 Å². The summed E-state index contributed by atoms with van der Waals surface area (Å²) in [5, 5.41) is 19.4. The second kappa shape index (κ2) is 5.79. The molecule has 1 aromatic carbocycles. The highest BCUT2D eigenvalue weighted by atomic mass is 16.7. The molecule has 2 bridgehead atoms. The number of nitrogens with one attached hydrogen (secondary N) is 1. The summed E-state index contributed by atoms with van der Waals surface area (Å²) in [5.41, 5.74) is 8.02. The van der Waals surface area contributed by atoms with Crippen molar-refractivity contribution in [3.63, 3.8) is 0 Å². The summed E-state index contributed by atoms with van der Waals surface area (Å²) in [6, 6.07) is 6.82. The zero-order chi connectivity index (χ0) is 19.4. The molecule has 7 nitrogen and oxygen atoms in total. The van der Waals surface area contributed by atoms with Crippen molar-refractivity contribution in [2.24, 2.45) is 21.6 Å². The van der Waals surface area contributed by atoms with Gasteiger partial charge in [-0.15, -0.1) is 0 Å². The number of allylic oxidation sites excluding steroid dienone is 1. The average molecular weight is 366 g/mol. The predicted octanol–water partition coefficient (Wildman–Crippen LogP) is 2.24. The van der Waals surface area contributed by atoms with Gasteiger partial charge in [0.25, 0.3) is 5.91 Å². The van der Waals surface area contributed by atoms with Crippen LogP contribution >= 0.6 is 0 Å². The van der Waals surface area contributed by atoms with Crippen LogP contribution in [0.25, 0.3) is 5.70 Å². The highest BCUT2D eigenvalue weighted by molar-refractivity contribution is 6.22. The zero-order valence-electron chi connectivity index (χ0n) is 15.3. The summed E-state index contributed by atoms with van der Waals surface area (Å²) in [7, 11) is 3.11. The number of amidine groups is 1. The van der Waals surface area contributed by atoms with Gasteiger partial charge in [-0.2, -0.15) is 0 Å². The Hall–Kier alpha value is -2.93. The number of nitrogens with zero attached hydrogens (tertiary/aromatic N) is 2. The molecule has 0 unspecified atom stereocenters. The van der Waals surface area contributed by atoms with E-state index >= 15 is 0 Å². The first-order valence-corrected chi connectivity index (χ1v) is 8.78. The molecular formula is C20H22N4O3. The molecule has 5 rings (SSSR count). The summed E-state index contributed by atoms with van der Waals surface area (Å²) in [5.74, 6) is 0.260. The molecule has 4 N–H and O–H groups in total. The van der Waals surface area contributed by atoms with Crippen molar-refractivity contribution in [2.75, 3.05) is 14.2 Å². The number of amides is 1. The Balaban J connectivity index is 1.51. The highest BCUT2D eigenvalue weighted by Crippen LogP contribution is 2.74. The van der Waals surface area contributed by atoms with Crippen molar-refractivity contribution in [2.45, 2.75) is 19.3 Å². The molecule has 3 saturated carbocycles. The molecule has 0 aromatic heterocycles. The SMILES string of the molecule is CON(C)C(=O)C12CC(C3=NC(=N)C(C=C(N)c4ccccc4O)=C3)(C1)C2. The number of aromatic hydroxyl groups is 1. The number of phenolic OH excluding ortho intramolecular Hbond substituents is 1. The second-order valence-electron chi connectivity index (χ2n) is 7.64.